The molecule has 1 aliphatic carbocycles. The van der Waals surface area contributed by atoms with Crippen molar-refractivity contribution in [1.82, 2.24) is 5.32 Å². The summed E-state index contributed by atoms with van der Waals surface area (Å²) in [7, 11) is 0. The number of amides is 1. The monoisotopic (exact) mass is 355 g/mol. The van der Waals surface area contributed by atoms with Crippen LogP contribution in [0, 0.1) is 0 Å². The third-order valence-corrected chi connectivity index (χ3v) is 5.47. The Bertz CT molecular complexity index is 928. The van der Waals surface area contributed by atoms with Crippen LogP contribution in [0.25, 0.3) is 11.1 Å². The first-order valence-electron chi connectivity index (χ1n) is 9.79. The third kappa shape index (κ3) is 3.95. The summed E-state index contributed by atoms with van der Waals surface area (Å²) in [5.41, 5.74) is 7.08. The molecular weight excluding hydrogens is 330 g/mol. The maximum absolute atomic E-state index is 12.7. The van der Waals surface area contributed by atoms with E-state index in [1.54, 1.807) is 0 Å². The number of benzene rings is 3. The highest BCUT2D eigenvalue weighted by atomic mass is 16.1. The van der Waals surface area contributed by atoms with Crippen molar-refractivity contribution in [3.63, 3.8) is 0 Å². The lowest BCUT2D eigenvalue weighted by Crippen LogP contribution is -2.26. The molecule has 0 saturated heterocycles. The van der Waals surface area contributed by atoms with Crippen LogP contribution in [0.15, 0.2) is 72.8 Å². The number of rotatable bonds is 4. The second kappa shape index (κ2) is 7.79. The fourth-order valence-corrected chi connectivity index (χ4v) is 3.83. The van der Waals surface area contributed by atoms with E-state index >= 15 is 0 Å². The Kier molecular flexibility index (Phi) is 5.06. The van der Waals surface area contributed by atoms with E-state index in [2.05, 4.69) is 42.6 Å². The average Bonchev–Trinajstić information content (AvgIpc) is 2.74. The van der Waals surface area contributed by atoms with Crippen molar-refractivity contribution in [3.8, 4) is 11.1 Å². The lowest BCUT2D eigenvalue weighted by molar-refractivity contribution is 0.0940. The first kappa shape index (κ1) is 17.5. The van der Waals surface area contributed by atoms with Gasteiger partial charge in [-0.1, -0.05) is 60.7 Å². The van der Waals surface area contributed by atoms with Crippen LogP contribution < -0.4 is 5.32 Å². The molecule has 0 fully saturated rings. The molecule has 27 heavy (non-hydrogen) atoms. The lowest BCUT2D eigenvalue weighted by atomic mass is 9.89. The summed E-state index contributed by atoms with van der Waals surface area (Å²) in [4.78, 5) is 12.7. The highest BCUT2D eigenvalue weighted by Crippen LogP contribution is 2.25. The highest BCUT2D eigenvalue weighted by Gasteiger charge is 2.15. The minimum absolute atomic E-state index is 0.00136. The molecule has 0 aromatic heterocycles. The van der Waals surface area contributed by atoms with E-state index in [0.29, 0.717) is 5.56 Å². The van der Waals surface area contributed by atoms with Crippen LogP contribution in [0.2, 0.25) is 0 Å². The topological polar surface area (TPSA) is 29.1 Å². The lowest BCUT2D eigenvalue weighted by Gasteiger charge is -2.20. The molecule has 0 spiro atoms. The number of nitrogens with one attached hydrogen (secondary N) is 1. The molecule has 0 saturated carbocycles. The molecule has 2 heteroatoms. The molecule has 3 aromatic rings. The van der Waals surface area contributed by atoms with Gasteiger partial charge in [-0.25, -0.2) is 0 Å². The first-order chi connectivity index (χ1) is 13.2. The number of aryl methyl sites for hydroxylation is 2. The molecule has 3 aromatic carbocycles. The van der Waals surface area contributed by atoms with Gasteiger partial charge in [-0.15, -0.1) is 0 Å². The molecule has 0 radical (unpaired) electrons. The Morgan fingerprint density at radius 2 is 1.48 bits per heavy atom. The molecule has 1 aliphatic rings. The SMILES string of the molecule is C[C@@H](NC(=O)c1ccc(-c2ccccc2)cc1)c1ccc2c(c1)CCCC2. The van der Waals surface area contributed by atoms with Crippen LogP contribution >= 0.6 is 0 Å². The Morgan fingerprint density at radius 1 is 0.815 bits per heavy atom. The molecule has 4 rings (SSSR count). The van der Waals surface area contributed by atoms with Crippen LogP contribution in [-0.4, -0.2) is 5.91 Å². The minimum atomic E-state index is -0.0279. The van der Waals surface area contributed by atoms with Crippen molar-refractivity contribution >= 4 is 5.91 Å². The summed E-state index contributed by atoms with van der Waals surface area (Å²) >= 11 is 0. The summed E-state index contributed by atoms with van der Waals surface area (Å²) in [6.45, 7) is 2.06. The smallest absolute Gasteiger partial charge is 0.251 e. The highest BCUT2D eigenvalue weighted by molar-refractivity contribution is 5.95. The number of carbonyl (C=O) groups excluding carboxylic acids is 1. The van der Waals surface area contributed by atoms with E-state index in [4.69, 9.17) is 0 Å². The maximum atomic E-state index is 12.7. The van der Waals surface area contributed by atoms with Gasteiger partial charge in [0.25, 0.3) is 5.91 Å². The fourth-order valence-electron chi connectivity index (χ4n) is 3.83. The standard InChI is InChI=1S/C25H25NO/c1-18(23-16-13-20-9-5-6-10-24(20)17-23)26-25(27)22-14-11-21(12-15-22)19-7-3-2-4-8-19/h2-4,7-8,11-18H,5-6,9-10H2,1H3,(H,26,27)/t18-/m1/s1. The van der Waals surface area contributed by atoms with Gasteiger partial charge in [0.15, 0.2) is 0 Å². The van der Waals surface area contributed by atoms with Gasteiger partial charge in [-0.05, 0) is 72.6 Å². The van der Waals surface area contributed by atoms with E-state index < -0.39 is 0 Å². The molecule has 2 nitrogen and oxygen atoms in total. The van der Waals surface area contributed by atoms with Gasteiger partial charge in [-0.3, -0.25) is 4.79 Å². The Labute approximate surface area is 161 Å². The maximum Gasteiger partial charge on any atom is 0.251 e. The zero-order valence-electron chi connectivity index (χ0n) is 15.7. The third-order valence-electron chi connectivity index (χ3n) is 5.47. The largest absolute Gasteiger partial charge is 0.346 e. The molecule has 1 amide bonds. The average molecular weight is 355 g/mol. The van der Waals surface area contributed by atoms with E-state index in [0.717, 1.165) is 17.5 Å². The number of hydrogen-bond donors (Lipinski definition) is 1. The zero-order valence-corrected chi connectivity index (χ0v) is 15.7. The molecule has 136 valence electrons. The minimum Gasteiger partial charge on any atom is -0.346 e. The van der Waals surface area contributed by atoms with Crippen LogP contribution in [0.1, 0.15) is 52.9 Å². The number of fused-ring (bicyclic) bond motifs is 1. The van der Waals surface area contributed by atoms with Crippen molar-refractivity contribution in [3.05, 3.63) is 95.1 Å². The van der Waals surface area contributed by atoms with E-state index in [9.17, 15) is 4.79 Å². The molecule has 0 bridgehead atoms. The molecule has 1 N–H and O–H groups in total. The van der Waals surface area contributed by atoms with Crippen LogP contribution in [-0.2, 0) is 12.8 Å². The predicted molar refractivity (Wildman–Crippen MR) is 111 cm³/mol. The molecule has 0 heterocycles. The summed E-state index contributed by atoms with van der Waals surface area (Å²) in [6, 6.07) is 24.7. The van der Waals surface area contributed by atoms with Crippen molar-refractivity contribution in [2.24, 2.45) is 0 Å². The fraction of sp³-hybridized carbons (Fsp3) is 0.240. The van der Waals surface area contributed by atoms with Crippen molar-refractivity contribution < 1.29 is 4.79 Å². The first-order valence-corrected chi connectivity index (χ1v) is 9.79. The van der Waals surface area contributed by atoms with Gasteiger partial charge >= 0.3 is 0 Å². The van der Waals surface area contributed by atoms with Gasteiger partial charge in [0.1, 0.15) is 0 Å². The van der Waals surface area contributed by atoms with Crippen molar-refractivity contribution in [1.29, 1.82) is 0 Å². The second-order valence-corrected chi connectivity index (χ2v) is 7.37. The predicted octanol–water partition coefficient (Wildman–Crippen LogP) is 5.72. The van der Waals surface area contributed by atoms with E-state index in [1.807, 2.05) is 42.5 Å². The molecular formula is C25H25NO. The summed E-state index contributed by atoms with van der Waals surface area (Å²) in [5.74, 6) is -0.0279. The quantitative estimate of drug-likeness (QED) is 0.637. The van der Waals surface area contributed by atoms with Crippen LogP contribution in [0.4, 0.5) is 0 Å². The van der Waals surface area contributed by atoms with Gasteiger partial charge in [0.05, 0.1) is 6.04 Å². The molecule has 1 atom stereocenters. The Morgan fingerprint density at radius 3 is 2.22 bits per heavy atom. The number of hydrogen-bond acceptors (Lipinski definition) is 1. The van der Waals surface area contributed by atoms with Crippen LogP contribution in [0.3, 0.4) is 0 Å². The van der Waals surface area contributed by atoms with Gasteiger partial charge in [0, 0.05) is 5.56 Å². The van der Waals surface area contributed by atoms with Gasteiger partial charge < -0.3 is 5.32 Å². The van der Waals surface area contributed by atoms with Gasteiger partial charge in [0.2, 0.25) is 0 Å². The van der Waals surface area contributed by atoms with Crippen molar-refractivity contribution in [2.75, 3.05) is 0 Å². The number of carbonyl (C=O) groups is 1. The summed E-state index contributed by atoms with van der Waals surface area (Å²) in [6.07, 6.45) is 4.90. The second-order valence-electron chi connectivity index (χ2n) is 7.37. The zero-order chi connectivity index (χ0) is 18.6. The normalized spacial score (nSPS) is 14.3. The van der Waals surface area contributed by atoms with E-state index in [1.165, 1.54) is 36.0 Å². The van der Waals surface area contributed by atoms with Crippen molar-refractivity contribution in [2.45, 2.75) is 38.6 Å². The Balaban J connectivity index is 1.45. The summed E-state index contributed by atoms with van der Waals surface area (Å²) < 4.78 is 0. The van der Waals surface area contributed by atoms with E-state index in [-0.39, 0.29) is 11.9 Å². The van der Waals surface area contributed by atoms with Crippen LogP contribution in [0.5, 0.6) is 0 Å². The molecule has 0 unspecified atom stereocenters. The summed E-state index contributed by atoms with van der Waals surface area (Å²) in [5, 5.41) is 3.14. The molecule has 0 aliphatic heterocycles. The Hall–Kier alpha value is -2.87. The van der Waals surface area contributed by atoms with Gasteiger partial charge in [-0.2, -0.15) is 0 Å².